The lowest BCUT2D eigenvalue weighted by Crippen LogP contribution is -2.27. The summed E-state index contributed by atoms with van der Waals surface area (Å²) in [4.78, 5) is 22.6. The highest BCUT2D eigenvalue weighted by molar-refractivity contribution is 7.92. The molecule has 0 fully saturated rings. The number of sulfonamides is 1. The topological polar surface area (TPSA) is 118 Å². The number of nitrogens with zero attached hydrogens (tertiary/aromatic N) is 1. The van der Waals surface area contributed by atoms with Crippen molar-refractivity contribution in [3.8, 4) is 0 Å². The quantitative estimate of drug-likeness (QED) is 0.424. The summed E-state index contributed by atoms with van der Waals surface area (Å²) in [7, 11) is -4.12. The molecule has 0 saturated heterocycles. The van der Waals surface area contributed by atoms with Gasteiger partial charge in [-0.25, -0.2) is 8.42 Å². The van der Waals surface area contributed by atoms with Gasteiger partial charge in [0.25, 0.3) is 21.6 Å². The number of hydrogen-bond donors (Lipinski definition) is 2. The second-order valence-electron chi connectivity index (χ2n) is 6.40. The molecule has 1 amide bonds. The van der Waals surface area contributed by atoms with Crippen LogP contribution in [0.25, 0.3) is 0 Å². The lowest BCUT2D eigenvalue weighted by Gasteiger charge is -2.13. The van der Waals surface area contributed by atoms with Crippen molar-refractivity contribution >= 4 is 27.3 Å². The van der Waals surface area contributed by atoms with E-state index < -0.39 is 20.9 Å². The summed E-state index contributed by atoms with van der Waals surface area (Å²) in [5, 5.41) is 13.7. The number of nitrogens with one attached hydrogen (secondary N) is 2. The lowest BCUT2D eigenvalue weighted by molar-refractivity contribution is -0.385. The Morgan fingerprint density at radius 3 is 2.37 bits per heavy atom. The SMILES string of the molecule is O=C(NCCc1ccccc1)c1ccccc1NS(=O)(=O)c1cccc([N+](=O)[O-])c1. The summed E-state index contributed by atoms with van der Waals surface area (Å²) in [5.74, 6) is -0.428. The van der Waals surface area contributed by atoms with Gasteiger partial charge in [-0.1, -0.05) is 48.5 Å². The second-order valence-corrected chi connectivity index (χ2v) is 8.08. The summed E-state index contributed by atoms with van der Waals surface area (Å²) < 4.78 is 27.7. The number of amides is 1. The van der Waals surface area contributed by atoms with E-state index in [2.05, 4.69) is 10.0 Å². The van der Waals surface area contributed by atoms with E-state index >= 15 is 0 Å². The minimum atomic E-state index is -4.12. The summed E-state index contributed by atoms with van der Waals surface area (Å²) in [6.45, 7) is 0.384. The van der Waals surface area contributed by atoms with Crippen molar-refractivity contribution in [2.75, 3.05) is 11.3 Å². The largest absolute Gasteiger partial charge is 0.352 e. The minimum absolute atomic E-state index is 0.0845. The van der Waals surface area contributed by atoms with Crippen molar-refractivity contribution in [2.45, 2.75) is 11.3 Å². The zero-order valence-electron chi connectivity index (χ0n) is 15.8. The highest BCUT2D eigenvalue weighted by atomic mass is 32.2. The molecule has 0 bridgehead atoms. The summed E-state index contributed by atoms with van der Waals surface area (Å²) in [5.41, 5.74) is 0.961. The van der Waals surface area contributed by atoms with Gasteiger partial charge in [0, 0.05) is 18.7 Å². The van der Waals surface area contributed by atoms with Gasteiger partial charge in [0.15, 0.2) is 0 Å². The average Bonchev–Trinajstić information content (AvgIpc) is 2.74. The smallest absolute Gasteiger partial charge is 0.270 e. The van der Waals surface area contributed by atoms with Crippen LogP contribution >= 0.6 is 0 Å². The first-order valence-corrected chi connectivity index (χ1v) is 10.5. The summed E-state index contributed by atoms with van der Waals surface area (Å²) in [6, 6.07) is 20.5. The predicted molar refractivity (Wildman–Crippen MR) is 113 cm³/mol. The van der Waals surface area contributed by atoms with Crippen LogP contribution in [-0.2, 0) is 16.4 Å². The van der Waals surface area contributed by atoms with Crippen LogP contribution in [0.5, 0.6) is 0 Å². The predicted octanol–water partition coefficient (Wildman–Crippen LogP) is 3.37. The van der Waals surface area contributed by atoms with Crippen LogP contribution in [0.4, 0.5) is 11.4 Å². The van der Waals surface area contributed by atoms with Crippen LogP contribution in [0.2, 0.25) is 0 Å². The van der Waals surface area contributed by atoms with E-state index in [0.717, 1.165) is 11.6 Å². The molecule has 3 aromatic rings. The number of carbonyl (C=O) groups excluding carboxylic acids is 1. The third kappa shape index (κ3) is 5.21. The van der Waals surface area contributed by atoms with Gasteiger partial charge in [0.2, 0.25) is 0 Å². The first kappa shape index (κ1) is 21.0. The molecule has 0 aliphatic rings. The van der Waals surface area contributed by atoms with Crippen molar-refractivity contribution in [1.29, 1.82) is 0 Å². The van der Waals surface area contributed by atoms with Crippen molar-refractivity contribution < 1.29 is 18.1 Å². The van der Waals surface area contributed by atoms with Gasteiger partial charge in [0.05, 0.1) is 21.1 Å². The van der Waals surface area contributed by atoms with E-state index in [-0.39, 0.29) is 21.8 Å². The lowest BCUT2D eigenvalue weighted by atomic mass is 10.1. The van der Waals surface area contributed by atoms with Crippen LogP contribution < -0.4 is 10.0 Å². The maximum absolute atomic E-state index is 12.7. The molecular weight excluding hydrogens is 406 g/mol. The van der Waals surface area contributed by atoms with Gasteiger partial charge in [-0.3, -0.25) is 19.6 Å². The Labute approximate surface area is 173 Å². The maximum atomic E-state index is 12.7. The Bertz CT molecular complexity index is 1160. The first-order valence-electron chi connectivity index (χ1n) is 9.05. The Hall–Kier alpha value is -3.72. The number of para-hydroxylation sites is 1. The van der Waals surface area contributed by atoms with E-state index in [9.17, 15) is 23.3 Å². The van der Waals surface area contributed by atoms with Crippen LogP contribution in [-0.4, -0.2) is 25.8 Å². The highest BCUT2D eigenvalue weighted by Gasteiger charge is 2.20. The second kappa shape index (κ2) is 9.19. The molecule has 0 atom stereocenters. The number of carbonyl (C=O) groups is 1. The number of rotatable bonds is 8. The molecule has 0 aliphatic carbocycles. The van der Waals surface area contributed by atoms with Crippen molar-refractivity contribution in [1.82, 2.24) is 5.32 Å². The summed E-state index contributed by atoms with van der Waals surface area (Å²) in [6.07, 6.45) is 0.633. The van der Waals surface area contributed by atoms with Gasteiger partial charge in [0.1, 0.15) is 0 Å². The number of non-ortho nitro benzene ring substituents is 1. The fraction of sp³-hybridized carbons (Fsp3) is 0.0952. The van der Waals surface area contributed by atoms with Gasteiger partial charge >= 0.3 is 0 Å². The van der Waals surface area contributed by atoms with Crippen molar-refractivity contribution in [3.05, 3.63) is 100 Å². The molecule has 0 aliphatic heterocycles. The molecule has 2 N–H and O–H groups in total. The number of anilines is 1. The Kier molecular flexibility index (Phi) is 6.43. The molecule has 30 heavy (non-hydrogen) atoms. The summed E-state index contributed by atoms with van der Waals surface area (Å²) >= 11 is 0. The first-order chi connectivity index (χ1) is 14.4. The van der Waals surface area contributed by atoms with Gasteiger partial charge < -0.3 is 5.32 Å². The molecule has 0 aromatic heterocycles. The van der Waals surface area contributed by atoms with Crippen molar-refractivity contribution in [3.63, 3.8) is 0 Å². The Morgan fingerprint density at radius 2 is 1.63 bits per heavy atom. The molecule has 0 spiro atoms. The minimum Gasteiger partial charge on any atom is -0.352 e. The molecule has 0 heterocycles. The Morgan fingerprint density at radius 1 is 0.933 bits per heavy atom. The third-order valence-electron chi connectivity index (χ3n) is 4.30. The maximum Gasteiger partial charge on any atom is 0.270 e. The number of hydrogen-bond acceptors (Lipinski definition) is 5. The van der Waals surface area contributed by atoms with E-state index in [0.29, 0.717) is 13.0 Å². The Balaban J connectivity index is 1.75. The van der Waals surface area contributed by atoms with Crippen LogP contribution in [0.3, 0.4) is 0 Å². The monoisotopic (exact) mass is 425 g/mol. The number of nitro groups is 1. The third-order valence-corrected chi connectivity index (χ3v) is 5.66. The molecule has 0 unspecified atom stereocenters. The molecule has 0 radical (unpaired) electrons. The van der Waals surface area contributed by atoms with E-state index in [1.165, 1.54) is 30.3 Å². The number of nitro benzene ring substituents is 1. The van der Waals surface area contributed by atoms with Crippen LogP contribution in [0.15, 0.2) is 83.8 Å². The van der Waals surface area contributed by atoms with Gasteiger partial charge in [-0.2, -0.15) is 0 Å². The standard InChI is InChI=1S/C21H19N3O5S/c25-21(22-14-13-16-7-2-1-3-8-16)19-11-4-5-12-20(19)23-30(28,29)18-10-6-9-17(15-18)24(26)27/h1-12,15,23H,13-14H2,(H,22,25). The van der Waals surface area contributed by atoms with E-state index in [4.69, 9.17) is 0 Å². The van der Waals surface area contributed by atoms with E-state index in [1.807, 2.05) is 30.3 Å². The molecule has 9 heteroatoms. The van der Waals surface area contributed by atoms with E-state index in [1.54, 1.807) is 12.1 Å². The molecule has 154 valence electrons. The zero-order valence-corrected chi connectivity index (χ0v) is 16.6. The number of benzene rings is 3. The highest BCUT2D eigenvalue weighted by Crippen LogP contribution is 2.22. The fourth-order valence-electron chi connectivity index (χ4n) is 2.80. The molecule has 3 aromatic carbocycles. The molecular formula is C21H19N3O5S. The fourth-order valence-corrected chi connectivity index (χ4v) is 3.92. The van der Waals surface area contributed by atoms with Gasteiger partial charge in [-0.05, 0) is 30.2 Å². The molecule has 0 saturated carbocycles. The average molecular weight is 425 g/mol. The van der Waals surface area contributed by atoms with Crippen molar-refractivity contribution in [2.24, 2.45) is 0 Å². The molecule has 3 rings (SSSR count). The van der Waals surface area contributed by atoms with Crippen LogP contribution in [0, 0.1) is 10.1 Å². The van der Waals surface area contributed by atoms with Crippen LogP contribution in [0.1, 0.15) is 15.9 Å². The van der Waals surface area contributed by atoms with Gasteiger partial charge in [-0.15, -0.1) is 0 Å². The normalized spacial score (nSPS) is 10.9. The zero-order chi connectivity index (χ0) is 21.6. The molecule has 8 nitrogen and oxygen atoms in total.